The number of amides is 2. The van der Waals surface area contributed by atoms with E-state index in [1.165, 1.54) is 6.42 Å². The lowest BCUT2D eigenvalue weighted by Gasteiger charge is -2.36. The van der Waals surface area contributed by atoms with Crippen molar-refractivity contribution >= 4 is 6.03 Å². The van der Waals surface area contributed by atoms with E-state index in [-0.39, 0.29) is 11.6 Å². The standard InChI is InChI=1S/C14H29N3O/c1-12(2)6-7-16-8-10-17(11-9-16)13(18)15-14(3,4)5/h12H,6-11H2,1-5H3,(H,15,18). The molecule has 1 rings (SSSR count). The van der Waals surface area contributed by atoms with Crippen molar-refractivity contribution < 1.29 is 4.79 Å². The second kappa shape index (κ2) is 6.41. The predicted molar refractivity (Wildman–Crippen MR) is 75.8 cm³/mol. The van der Waals surface area contributed by atoms with E-state index < -0.39 is 0 Å². The van der Waals surface area contributed by atoms with Gasteiger partial charge in [-0.25, -0.2) is 4.79 Å². The topological polar surface area (TPSA) is 35.6 Å². The van der Waals surface area contributed by atoms with E-state index in [9.17, 15) is 4.79 Å². The first kappa shape index (κ1) is 15.3. The second-order valence-electron chi connectivity index (χ2n) is 6.69. The van der Waals surface area contributed by atoms with Crippen LogP contribution in [0.4, 0.5) is 4.79 Å². The molecular formula is C14H29N3O. The maximum absolute atomic E-state index is 12.0. The molecular weight excluding hydrogens is 226 g/mol. The fourth-order valence-corrected chi connectivity index (χ4v) is 2.02. The van der Waals surface area contributed by atoms with E-state index >= 15 is 0 Å². The van der Waals surface area contributed by atoms with Gasteiger partial charge in [0.05, 0.1) is 0 Å². The van der Waals surface area contributed by atoms with Crippen LogP contribution in [0.5, 0.6) is 0 Å². The van der Waals surface area contributed by atoms with Gasteiger partial charge in [-0.15, -0.1) is 0 Å². The normalized spacial score (nSPS) is 18.2. The van der Waals surface area contributed by atoms with E-state index in [1.807, 2.05) is 25.7 Å². The Morgan fingerprint density at radius 3 is 2.17 bits per heavy atom. The van der Waals surface area contributed by atoms with E-state index in [1.54, 1.807) is 0 Å². The summed E-state index contributed by atoms with van der Waals surface area (Å²) in [6.07, 6.45) is 1.24. The number of urea groups is 1. The molecule has 0 atom stereocenters. The van der Waals surface area contributed by atoms with Crippen molar-refractivity contribution in [3.8, 4) is 0 Å². The first-order valence-electron chi connectivity index (χ1n) is 7.07. The molecule has 0 aliphatic carbocycles. The number of piperazine rings is 1. The van der Waals surface area contributed by atoms with Crippen molar-refractivity contribution in [2.24, 2.45) is 5.92 Å². The number of nitrogens with zero attached hydrogens (tertiary/aromatic N) is 2. The zero-order valence-corrected chi connectivity index (χ0v) is 12.6. The highest BCUT2D eigenvalue weighted by molar-refractivity contribution is 5.75. The monoisotopic (exact) mass is 255 g/mol. The summed E-state index contributed by atoms with van der Waals surface area (Å²) in [5.41, 5.74) is -0.147. The molecule has 0 bridgehead atoms. The molecule has 18 heavy (non-hydrogen) atoms. The van der Waals surface area contributed by atoms with Crippen LogP contribution in [0.1, 0.15) is 41.0 Å². The van der Waals surface area contributed by atoms with Crippen LogP contribution in [0.15, 0.2) is 0 Å². The van der Waals surface area contributed by atoms with Crippen LogP contribution >= 0.6 is 0 Å². The Morgan fingerprint density at radius 2 is 1.72 bits per heavy atom. The summed E-state index contributed by atoms with van der Waals surface area (Å²) in [5.74, 6) is 0.757. The maximum atomic E-state index is 12.0. The van der Waals surface area contributed by atoms with Crippen molar-refractivity contribution in [2.45, 2.75) is 46.6 Å². The van der Waals surface area contributed by atoms with Gasteiger partial charge < -0.3 is 10.2 Å². The van der Waals surface area contributed by atoms with E-state index in [4.69, 9.17) is 0 Å². The molecule has 0 spiro atoms. The molecule has 4 heteroatoms. The van der Waals surface area contributed by atoms with Gasteiger partial charge in [0.2, 0.25) is 0 Å². The molecule has 1 saturated heterocycles. The van der Waals surface area contributed by atoms with Crippen molar-refractivity contribution in [1.82, 2.24) is 15.1 Å². The molecule has 0 unspecified atom stereocenters. The van der Waals surface area contributed by atoms with E-state index in [0.717, 1.165) is 38.6 Å². The van der Waals surface area contributed by atoms with Crippen LogP contribution < -0.4 is 5.32 Å². The third kappa shape index (κ3) is 5.71. The minimum atomic E-state index is -0.147. The van der Waals surface area contributed by atoms with Crippen LogP contribution in [0.2, 0.25) is 0 Å². The van der Waals surface area contributed by atoms with Crippen LogP contribution in [0.3, 0.4) is 0 Å². The number of carbonyl (C=O) groups is 1. The molecule has 0 aromatic carbocycles. The largest absolute Gasteiger partial charge is 0.333 e. The van der Waals surface area contributed by atoms with Gasteiger partial charge in [-0.2, -0.15) is 0 Å². The Balaban J connectivity index is 2.28. The first-order valence-corrected chi connectivity index (χ1v) is 7.07. The molecule has 2 amide bonds. The fourth-order valence-electron chi connectivity index (χ4n) is 2.02. The van der Waals surface area contributed by atoms with Crippen LogP contribution in [-0.2, 0) is 0 Å². The lowest BCUT2D eigenvalue weighted by Crippen LogP contribution is -2.55. The molecule has 1 aliphatic rings. The fraction of sp³-hybridized carbons (Fsp3) is 0.929. The van der Waals surface area contributed by atoms with Gasteiger partial charge in [-0.3, -0.25) is 4.90 Å². The van der Waals surface area contributed by atoms with Crippen molar-refractivity contribution in [1.29, 1.82) is 0 Å². The number of carbonyl (C=O) groups excluding carboxylic acids is 1. The Hall–Kier alpha value is -0.770. The van der Waals surface area contributed by atoms with Crippen molar-refractivity contribution in [2.75, 3.05) is 32.7 Å². The summed E-state index contributed by atoms with van der Waals surface area (Å²) in [6, 6.07) is 0.0750. The molecule has 4 nitrogen and oxygen atoms in total. The molecule has 0 aromatic heterocycles. The number of rotatable bonds is 3. The minimum absolute atomic E-state index is 0.0750. The van der Waals surface area contributed by atoms with Gasteiger partial charge in [0.15, 0.2) is 0 Å². The zero-order valence-electron chi connectivity index (χ0n) is 12.6. The van der Waals surface area contributed by atoms with Crippen LogP contribution in [0.25, 0.3) is 0 Å². The SMILES string of the molecule is CC(C)CCN1CCN(C(=O)NC(C)(C)C)CC1. The summed E-state index contributed by atoms with van der Waals surface area (Å²) in [5, 5.41) is 3.02. The Labute approximate surface area is 112 Å². The highest BCUT2D eigenvalue weighted by Crippen LogP contribution is 2.08. The van der Waals surface area contributed by atoms with E-state index in [0.29, 0.717) is 0 Å². The minimum Gasteiger partial charge on any atom is -0.333 e. The molecule has 0 saturated carbocycles. The lowest BCUT2D eigenvalue weighted by atomic mass is 10.1. The molecule has 1 heterocycles. The summed E-state index contributed by atoms with van der Waals surface area (Å²) >= 11 is 0. The molecule has 1 aliphatic heterocycles. The van der Waals surface area contributed by atoms with E-state index in [2.05, 4.69) is 24.1 Å². The third-order valence-electron chi connectivity index (χ3n) is 3.16. The van der Waals surface area contributed by atoms with Crippen LogP contribution in [0, 0.1) is 5.92 Å². The van der Waals surface area contributed by atoms with Gasteiger partial charge in [0, 0.05) is 31.7 Å². The first-order chi connectivity index (χ1) is 8.28. The van der Waals surface area contributed by atoms with Crippen molar-refractivity contribution in [3.05, 3.63) is 0 Å². The van der Waals surface area contributed by atoms with Gasteiger partial charge in [0.1, 0.15) is 0 Å². The maximum Gasteiger partial charge on any atom is 0.317 e. The number of nitrogens with one attached hydrogen (secondary N) is 1. The molecule has 0 radical (unpaired) electrons. The number of hydrogen-bond donors (Lipinski definition) is 1. The molecule has 1 N–H and O–H groups in total. The summed E-state index contributed by atoms with van der Waals surface area (Å²) in [7, 11) is 0. The molecule has 1 fully saturated rings. The number of hydrogen-bond acceptors (Lipinski definition) is 2. The van der Waals surface area contributed by atoms with Crippen LogP contribution in [-0.4, -0.2) is 54.1 Å². The summed E-state index contributed by atoms with van der Waals surface area (Å²) in [6.45, 7) is 15.4. The Kier molecular flexibility index (Phi) is 5.45. The predicted octanol–water partition coefficient (Wildman–Crippen LogP) is 2.16. The Bertz CT molecular complexity index is 263. The lowest BCUT2D eigenvalue weighted by molar-refractivity contribution is 0.131. The quantitative estimate of drug-likeness (QED) is 0.839. The zero-order chi connectivity index (χ0) is 13.8. The van der Waals surface area contributed by atoms with Gasteiger partial charge in [-0.1, -0.05) is 13.8 Å². The van der Waals surface area contributed by atoms with Gasteiger partial charge in [-0.05, 0) is 39.7 Å². The van der Waals surface area contributed by atoms with Crippen molar-refractivity contribution in [3.63, 3.8) is 0 Å². The smallest absolute Gasteiger partial charge is 0.317 e. The Morgan fingerprint density at radius 1 is 1.17 bits per heavy atom. The molecule has 106 valence electrons. The highest BCUT2D eigenvalue weighted by Gasteiger charge is 2.23. The second-order valence-corrected chi connectivity index (χ2v) is 6.69. The summed E-state index contributed by atoms with van der Waals surface area (Å²) < 4.78 is 0. The van der Waals surface area contributed by atoms with Gasteiger partial charge >= 0.3 is 6.03 Å². The average molecular weight is 255 g/mol. The van der Waals surface area contributed by atoms with Gasteiger partial charge in [0.25, 0.3) is 0 Å². The third-order valence-corrected chi connectivity index (χ3v) is 3.16. The molecule has 0 aromatic rings. The highest BCUT2D eigenvalue weighted by atomic mass is 16.2. The average Bonchev–Trinajstić information content (AvgIpc) is 2.24. The summed E-state index contributed by atoms with van der Waals surface area (Å²) in [4.78, 5) is 16.4.